The Bertz CT molecular complexity index is 354. The Hall–Kier alpha value is -1.30. The summed E-state index contributed by atoms with van der Waals surface area (Å²) in [6.07, 6.45) is 0.835. The molecular formula is C12H20N2O3. The summed E-state index contributed by atoms with van der Waals surface area (Å²) >= 11 is 0. The van der Waals surface area contributed by atoms with E-state index in [0.29, 0.717) is 6.54 Å². The molecule has 5 nitrogen and oxygen atoms in total. The first-order valence-electron chi connectivity index (χ1n) is 5.65. The SMILES string of the molecule is CC[C@H](CO)NN(C)Cc1ccc(O)c(O)c1. The number of benzene rings is 1. The van der Waals surface area contributed by atoms with Crippen LogP contribution in [0.15, 0.2) is 18.2 Å². The lowest BCUT2D eigenvalue weighted by Gasteiger charge is -2.23. The molecule has 0 aliphatic carbocycles. The lowest BCUT2D eigenvalue weighted by atomic mass is 10.2. The highest BCUT2D eigenvalue weighted by Gasteiger charge is 2.08. The van der Waals surface area contributed by atoms with Gasteiger partial charge in [-0.15, -0.1) is 0 Å². The van der Waals surface area contributed by atoms with Gasteiger partial charge in [0, 0.05) is 19.6 Å². The Morgan fingerprint density at radius 1 is 1.29 bits per heavy atom. The van der Waals surface area contributed by atoms with Gasteiger partial charge in [-0.2, -0.15) is 0 Å². The molecule has 1 atom stereocenters. The summed E-state index contributed by atoms with van der Waals surface area (Å²) in [5.41, 5.74) is 4.02. The molecule has 4 N–H and O–H groups in total. The summed E-state index contributed by atoms with van der Waals surface area (Å²) in [6.45, 7) is 2.65. The minimum absolute atomic E-state index is 0.0331. The number of aliphatic hydroxyl groups is 1. The van der Waals surface area contributed by atoms with Crippen molar-refractivity contribution < 1.29 is 15.3 Å². The summed E-state index contributed by atoms with van der Waals surface area (Å²) in [5, 5.41) is 29.4. The average Bonchev–Trinajstić information content (AvgIpc) is 2.31. The maximum absolute atomic E-state index is 9.36. The molecule has 0 amide bonds. The highest BCUT2D eigenvalue weighted by Crippen LogP contribution is 2.25. The zero-order chi connectivity index (χ0) is 12.8. The number of phenolic OH excluding ortho intramolecular Hbond substituents is 2. The first-order chi connectivity index (χ1) is 8.06. The average molecular weight is 240 g/mol. The summed E-state index contributed by atoms with van der Waals surface area (Å²) in [6, 6.07) is 4.76. The van der Waals surface area contributed by atoms with Crippen LogP contribution in [0.5, 0.6) is 11.5 Å². The van der Waals surface area contributed by atoms with E-state index in [0.717, 1.165) is 12.0 Å². The van der Waals surface area contributed by atoms with Crippen molar-refractivity contribution in [1.82, 2.24) is 10.4 Å². The lowest BCUT2D eigenvalue weighted by molar-refractivity contribution is 0.137. The van der Waals surface area contributed by atoms with Crippen molar-refractivity contribution >= 4 is 0 Å². The molecule has 0 bridgehead atoms. The second-order valence-electron chi connectivity index (χ2n) is 4.10. The first-order valence-corrected chi connectivity index (χ1v) is 5.65. The Morgan fingerprint density at radius 2 is 2.00 bits per heavy atom. The fourth-order valence-electron chi connectivity index (χ4n) is 1.56. The van der Waals surface area contributed by atoms with Gasteiger partial charge in [0.2, 0.25) is 0 Å². The van der Waals surface area contributed by atoms with Gasteiger partial charge < -0.3 is 15.3 Å². The van der Waals surface area contributed by atoms with Gasteiger partial charge in [-0.1, -0.05) is 13.0 Å². The molecule has 0 spiro atoms. The number of hydrazine groups is 1. The molecule has 0 fully saturated rings. The number of nitrogens with zero attached hydrogens (tertiary/aromatic N) is 1. The molecular weight excluding hydrogens is 220 g/mol. The van der Waals surface area contributed by atoms with Crippen LogP contribution >= 0.6 is 0 Å². The van der Waals surface area contributed by atoms with Gasteiger partial charge in [-0.25, -0.2) is 10.4 Å². The molecule has 5 heteroatoms. The zero-order valence-electron chi connectivity index (χ0n) is 10.2. The Balaban J connectivity index is 2.55. The summed E-state index contributed by atoms with van der Waals surface area (Å²) < 4.78 is 0. The molecule has 0 aliphatic rings. The van der Waals surface area contributed by atoms with E-state index in [-0.39, 0.29) is 24.1 Å². The molecule has 0 radical (unpaired) electrons. The molecule has 1 rings (SSSR count). The molecule has 1 aromatic carbocycles. The molecule has 17 heavy (non-hydrogen) atoms. The number of aromatic hydroxyl groups is 2. The van der Waals surface area contributed by atoms with Crippen molar-refractivity contribution in [3.63, 3.8) is 0 Å². The molecule has 0 saturated carbocycles. The summed E-state index contributed by atoms with van der Waals surface area (Å²) in [4.78, 5) is 0. The van der Waals surface area contributed by atoms with Gasteiger partial charge >= 0.3 is 0 Å². The highest BCUT2D eigenvalue weighted by molar-refractivity contribution is 5.40. The van der Waals surface area contributed by atoms with E-state index in [4.69, 9.17) is 5.11 Å². The topological polar surface area (TPSA) is 76.0 Å². The van der Waals surface area contributed by atoms with Gasteiger partial charge in [0.05, 0.1) is 6.61 Å². The van der Waals surface area contributed by atoms with Crippen molar-refractivity contribution in [2.24, 2.45) is 0 Å². The molecule has 1 aromatic rings. The minimum atomic E-state index is -0.120. The number of nitrogens with one attached hydrogen (secondary N) is 1. The van der Waals surface area contributed by atoms with Crippen LogP contribution in [-0.2, 0) is 6.54 Å². The maximum Gasteiger partial charge on any atom is 0.157 e. The van der Waals surface area contributed by atoms with Crippen molar-refractivity contribution in [1.29, 1.82) is 0 Å². The lowest BCUT2D eigenvalue weighted by Crippen LogP contribution is -2.43. The first kappa shape index (κ1) is 13.8. The van der Waals surface area contributed by atoms with Gasteiger partial charge in [-0.05, 0) is 24.1 Å². The molecule has 0 unspecified atom stereocenters. The van der Waals surface area contributed by atoms with E-state index >= 15 is 0 Å². The quantitative estimate of drug-likeness (QED) is 0.437. The van der Waals surface area contributed by atoms with E-state index in [2.05, 4.69) is 5.43 Å². The largest absolute Gasteiger partial charge is 0.504 e. The van der Waals surface area contributed by atoms with Gasteiger partial charge in [0.25, 0.3) is 0 Å². The number of aliphatic hydroxyl groups excluding tert-OH is 1. The van der Waals surface area contributed by atoms with Gasteiger partial charge in [0.15, 0.2) is 11.5 Å². The van der Waals surface area contributed by atoms with E-state index in [1.807, 2.05) is 19.0 Å². The fourth-order valence-corrected chi connectivity index (χ4v) is 1.56. The predicted octanol–water partition coefficient (Wildman–Crippen LogP) is 0.805. The van der Waals surface area contributed by atoms with E-state index in [1.54, 1.807) is 6.07 Å². The van der Waals surface area contributed by atoms with Crippen molar-refractivity contribution in [3.05, 3.63) is 23.8 Å². The smallest absolute Gasteiger partial charge is 0.157 e. The van der Waals surface area contributed by atoms with Crippen molar-refractivity contribution in [3.8, 4) is 11.5 Å². The monoisotopic (exact) mass is 240 g/mol. The molecule has 0 heterocycles. The molecule has 96 valence electrons. The molecule has 0 aromatic heterocycles. The number of hydrogen-bond acceptors (Lipinski definition) is 5. The molecule has 0 aliphatic heterocycles. The number of phenols is 2. The number of rotatable bonds is 6. The van der Waals surface area contributed by atoms with Crippen molar-refractivity contribution in [2.45, 2.75) is 25.9 Å². The Labute approximate surface area is 101 Å². The highest BCUT2D eigenvalue weighted by atomic mass is 16.3. The Morgan fingerprint density at radius 3 is 2.53 bits per heavy atom. The maximum atomic E-state index is 9.36. The zero-order valence-corrected chi connectivity index (χ0v) is 10.2. The van der Waals surface area contributed by atoms with E-state index < -0.39 is 0 Å². The molecule has 0 saturated heterocycles. The number of hydrogen-bond donors (Lipinski definition) is 4. The van der Waals surface area contributed by atoms with Crippen molar-refractivity contribution in [2.75, 3.05) is 13.7 Å². The van der Waals surface area contributed by atoms with E-state index in [1.165, 1.54) is 12.1 Å². The van der Waals surface area contributed by atoms with Crippen LogP contribution in [0.25, 0.3) is 0 Å². The summed E-state index contributed by atoms with van der Waals surface area (Å²) in [5.74, 6) is -0.240. The van der Waals surface area contributed by atoms with Crippen LogP contribution < -0.4 is 5.43 Å². The third-order valence-electron chi connectivity index (χ3n) is 2.58. The Kier molecular flexibility index (Phi) is 5.21. The van der Waals surface area contributed by atoms with Crippen LogP contribution in [0.2, 0.25) is 0 Å². The van der Waals surface area contributed by atoms with Crippen LogP contribution in [-0.4, -0.2) is 40.0 Å². The standard InChI is InChI=1S/C12H20N2O3/c1-3-10(8-15)13-14(2)7-9-4-5-11(16)12(17)6-9/h4-6,10,13,15-17H,3,7-8H2,1-2H3/t10-/m1/s1. The predicted molar refractivity (Wildman–Crippen MR) is 65.5 cm³/mol. The van der Waals surface area contributed by atoms with Crippen LogP contribution in [0.1, 0.15) is 18.9 Å². The second-order valence-corrected chi connectivity index (χ2v) is 4.10. The van der Waals surface area contributed by atoms with Crippen LogP contribution in [0.3, 0.4) is 0 Å². The van der Waals surface area contributed by atoms with E-state index in [9.17, 15) is 10.2 Å². The third-order valence-corrected chi connectivity index (χ3v) is 2.58. The van der Waals surface area contributed by atoms with Crippen LogP contribution in [0, 0.1) is 0 Å². The second kappa shape index (κ2) is 6.44. The normalized spacial score (nSPS) is 12.9. The fraction of sp³-hybridized carbons (Fsp3) is 0.500. The van der Waals surface area contributed by atoms with Gasteiger partial charge in [0.1, 0.15) is 0 Å². The van der Waals surface area contributed by atoms with Crippen LogP contribution in [0.4, 0.5) is 0 Å². The van der Waals surface area contributed by atoms with Gasteiger partial charge in [-0.3, -0.25) is 0 Å². The minimum Gasteiger partial charge on any atom is -0.504 e. The summed E-state index contributed by atoms with van der Waals surface area (Å²) in [7, 11) is 1.86. The third kappa shape index (κ3) is 4.22.